The van der Waals surface area contributed by atoms with Gasteiger partial charge in [0, 0.05) is 24.2 Å². The Morgan fingerprint density at radius 1 is 1.20 bits per heavy atom. The van der Waals surface area contributed by atoms with Crippen LogP contribution >= 0.6 is 0 Å². The lowest BCUT2D eigenvalue weighted by Crippen LogP contribution is -1.99. The summed E-state index contributed by atoms with van der Waals surface area (Å²) >= 11 is 0. The number of hydrogen-bond acceptors (Lipinski definition) is 5. The highest BCUT2D eigenvalue weighted by atomic mass is 32.2. The SMILES string of the molecule is CS(=O)(=O)c1ncc(-c2cncnc2)[nH]1. The number of nitrogens with zero attached hydrogens (tertiary/aromatic N) is 3. The smallest absolute Gasteiger partial charge is 0.225 e. The van der Waals surface area contributed by atoms with Crippen molar-refractivity contribution in [3.63, 3.8) is 0 Å². The molecule has 2 heterocycles. The maximum absolute atomic E-state index is 11.2. The molecule has 0 spiro atoms. The third kappa shape index (κ3) is 2.01. The zero-order valence-electron chi connectivity index (χ0n) is 7.88. The number of imidazole rings is 1. The number of nitrogens with one attached hydrogen (secondary N) is 1. The molecule has 0 fully saturated rings. The molecule has 78 valence electrons. The Hall–Kier alpha value is -1.76. The molecular formula is C8H8N4O2S. The van der Waals surface area contributed by atoms with Gasteiger partial charge in [0.2, 0.25) is 15.0 Å². The minimum Gasteiger partial charge on any atom is -0.329 e. The van der Waals surface area contributed by atoms with Crippen LogP contribution in [0.5, 0.6) is 0 Å². The topological polar surface area (TPSA) is 88.6 Å². The average molecular weight is 224 g/mol. The lowest BCUT2D eigenvalue weighted by molar-refractivity contribution is 0.595. The lowest BCUT2D eigenvalue weighted by atomic mass is 10.3. The molecule has 0 saturated heterocycles. The molecule has 0 amide bonds. The van der Waals surface area contributed by atoms with Crippen molar-refractivity contribution in [2.45, 2.75) is 5.16 Å². The van der Waals surface area contributed by atoms with Crippen LogP contribution in [0.15, 0.2) is 30.1 Å². The maximum atomic E-state index is 11.2. The Labute approximate surface area is 86.3 Å². The summed E-state index contributed by atoms with van der Waals surface area (Å²) in [6.45, 7) is 0. The van der Waals surface area contributed by atoms with E-state index in [-0.39, 0.29) is 5.16 Å². The Morgan fingerprint density at radius 3 is 2.40 bits per heavy atom. The first-order valence-electron chi connectivity index (χ1n) is 4.08. The first-order chi connectivity index (χ1) is 7.07. The lowest BCUT2D eigenvalue weighted by Gasteiger charge is -1.93. The monoisotopic (exact) mass is 224 g/mol. The summed E-state index contributed by atoms with van der Waals surface area (Å²) in [6, 6.07) is 0. The van der Waals surface area contributed by atoms with Crippen molar-refractivity contribution < 1.29 is 8.42 Å². The van der Waals surface area contributed by atoms with Gasteiger partial charge in [0.15, 0.2) is 0 Å². The molecular weight excluding hydrogens is 216 g/mol. The third-order valence-corrected chi connectivity index (χ3v) is 2.69. The van der Waals surface area contributed by atoms with Crippen molar-refractivity contribution >= 4 is 9.84 Å². The second kappa shape index (κ2) is 3.43. The molecule has 7 heteroatoms. The van der Waals surface area contributed by atoms with Crippen LogP contribution in [0.3, 0.4) is 0 Å². The summed E-state index contributed by atoms with van der Waals surface area (Å²) in [6.07, 6.45) is 7.09. The normalized spacial score (nSPS) is 11.5. The molecule has 2 aromatic heterocycles. The Bertz CT molecular complexity index is 561. The van der Waals surface area contributed by atoms with Crippen LogP contribution in [0.2, 0.25) is 0 Å². The molecule has 0 aromatic carbocycles. The predicted octanol–water partition coefficient (Wildman–Crippen LogP) is 0.270. The maximum Gasteiger partial charge on any atom is 0.225 e. The van der Waals surface area contributed by atoms with Gasteiger partial charge in [-0.3, -0.25) is 0 Å². The van der Waals surface area contributed by atoms with Crippen LogP contribution in [0, 0.1) is 0 Å². The van der Waals surface area contributed by atoms with E-state index in [9.17, 15) is 8.42 Å². The Kier molecular flexibility index (Phi) is 2.24. The highest BCUT2D eigenvalue weighted by Gasteiger charge is 2.12. The van der Waals surface area contributed by atoms with E-state index in [2.05, 4.69) is 19.9 Å². The van der Waals surface area contributed by atoms with Crippen molar-refractivity contribution in [2.75, 3.05) is 6.26 Å². The highest BCUT2D eigenvalue weighted by Crippen LogP contribution is 2.15. The Balaban J connectivity index is 2.46. The third-order valence-electron chi connectivity index (χ3n) is 1.78. The standard InChI is InChI=1S/C8H8N4O2S/c1-15(13,14)8-11-4-7(12-8)6-2-9-5-10-3-6/h2-5H,1H3,(H,11,12). The predicted molar refractivity (Wildman–Crippen MR) is 52.7 cm³/mol. The van der Waals surface area contributed by atoms with E-state index in [1.807, 2.05) is 0 Å². The number of hydrogen-bond donors (Lipinski definition) is 1. The van der Waals surface area contributed by atoms with Crippen LogP contribution in [0.4, 0.5) is 0 Å². The van der Waals surface area contributed by atoms with Gasteiger partial charge in [-0.25, -0.2) is 23.4 Å². The molecule has 0 aliphatic carbocycles. The van der Waals surface area contributed by atoms with Gasteiger partial charge < -0.3 is 4.98 Å². The van der Waals surface area contributed by atoms with E-state index in [1.165, 1.54) is 12.5 Å². The summed E-state index contributed by atoms with van der Waals surface area (Å²) in [7, 11) is -3.30. The van der Waals surface area contributed by atoms with Crippen molar-refractivity contribution in [3.05, 3.63) is 24.9 Å². The van der Waals surface area contributed by atoms with Gasteiger partial charge in [0.05, 0.1) is 11.9 Å². The van der Waals surface area contributed by atoms with Gasteiger partial charge in [-0.2, -0.15) is 0 Å². The summed E-state index contributed by atoms with van der Waals surface area (Å²) in [5.41, 5.74) is 1.27. The summed E-state index contributed by atoms with van der Waals surface area (Å²) in [5.74, 6) is 0. The first-order valence-corrected chi connectivity index (χ1v) is 5.97. The molecule has 15 heavy (non-hydrogen) atoms. The van der Waals surface area contributed by atoms with Crippen molar-refractivity contribution in [1.29, 1.82) is 0 Å². The summed E-state index contributed by atoms with van der Waals surface area (Å²) < 4.78 is 22.3. The van der Waals surface area contributed by atoms with Gasteiger partial charge in [-0.05, 0) is 0 Å². The number of aromatic amines is 1. The van der Waals surface area contributed by atoms with Gasteiger partial charge in [0.25, 0.3) is 0 Å². The van der Waals surface area contributed by atoms with Crippen LogP contribution in [0.25, 0.3) is 11.3 Å². The number of sulfone groups is 1. The molecule has 0 aliphatic rings. The second-order valence-corrected chi connectivity index (χ2v) is 4.93. The van der Waals surface area contributed by atoms with Crippen LogP contribution in [-0.2, 0) is 9.84 Å². The molecule has 2 aromatic rings. The molecule has 0 saturated carbocycles. The van der Waals surface area contributed by atoms with Gasteiger partial charge in [0.1, 0.15) is 6.33 Å². The zero-order valence-corrected chi connectivity index (χ0v) is 8.69. The largest absolute Gasteiger partial charge is 0.329 e. The van der Waals surface area contributed by atoms with Crippen molar-refractivity contribution in [3.8, 4) is 11.3 Å². The number of aromatic nitrogens is 4. The van der Waals surface area contributed by atoms with Gasteiger partial charge in [-0.15, -0.1) is 0 Å². The molecule has 0 radical (unpaired) electrons. The molecule has 0 unspecified atom stereocenters. The molecule has 0 aliphatic heterocycles. The van der Waals surface area contributed by atoms with E-state index in [4.69, 9.17) is 0 Å². The van der Waals surface area contributed by atoms with E-state index in [0.717, 1.165) is 6.26 Å². The molecule has 1 N–H and O–H groups in total. The minimum absolute atomic E-state index is 0.0543. The van der Waals surface area contributed by atoms with Crippen molar-refractivity contribution in [1.82, 2.24) is 19.9 Å². The number of H-pyrrole nitrogens is 1. The van der Waals surface area contributed by atoms with Crippen LogP contribution in [0.1, 0.15) is 0 Å². The first kappa shape index (κ1) is 9.78. The molecule has 0 atom stereocenters. The molecule has 6 nitrogen and oxygen atoms in total. The zero-order chi connectivity index (χ0) is 10.9. The van der Waals surface area contributed by atoms with E-state index < -0.39 is 9.84 Å². The van der Waals surface area contributed by atoms with E-state index >= 15 is 0 Å². The van der Waals surface area contributed by atoms with E-state index in [0.29, 0.717) is 11.3 Å². The minimum atomic E-state index is -3.30. The fourth-order valence-electron chi connectivity index (χ4n) is 1.08. The summed E-state index contributed by atoms with van der Waals surface area (Å²) in [5, 5.41) is -0.0543. The molecule has 2 rings (SSSR count). The quantitative estimate of drug-likeness (QED) is 0.791. The fraction of sp³-hybridized carbons (Fsp3) is 0.125. The van der Waals surface area contributed by atoms with Gasteiger partial charge in [-0.1, -0.05) is 0 Å². The van der Waals surface area contributed by atoms with E-state index in [1.54, 1.807) is 12.4 Å². The van der Waals surface area contributed by atoms with Crippen LogP contribution < -0.4 is 0 Å². The average Bonchev–Trinajstić information content (AvgIpc) is 2.67. The van der Waals surface area contributed by atoms with Gasteiger partial charge >= 0.3 is 0 Å². The highest BCUT2D eigenvalue weighted by molar-refractivity contribution is 7.90. The van der Waals surface area contributed by atoms with Crippen molar-refractivity contribution in [2.24, 2.45) is 0 Å². The summed E-state index contributed by atoms with van der Waals surface area (Å²) in [4.78, 5) is 14.1. The van der Waals surface area contributed by atoms with Crippen LogP contribution in [-0.4, -0.2) is 34.6 Å². The Morgan fingerprint density at radius 2 is 1.87 bits per heavy atom. The molecule has 0 bridgehead atoms. The number of rotatable bonds is 2. The second-order valence-electron chi connectivity index (χ2n) is 3.00. The fourth-order valence-corrected chi connectivity index (χ4v) is 1.62.